The van der Waals surface area contributed by atoms with Crippen molar-refractivity contribution in [1.82, 2.24) is 5.43 Å². The standard InChI is InChI=1S/C16H13ClF3N3O3/c17-11-2-4-12(5-3-11)21-9-15(25)23-22-8-10-1-6-13(24)14(7-10)26-16(18,19)20/h1-8,21,24H,9H2,(H,23,25). The highest BCUT2D eigenvalue weighted by Crippen LogP contribution is 2.31. The Morgan fingerprint density at radius 2 is 1.92 bits per heavy atom. The number of carbonyl (C=O) groups excluding carboxylic acids is 1. The Hall–Kier alpha value is -2.94. The van der Waals surface area contributed by atoms with Crippen molar-refractivity contribution in [3.05, 3.63) is 53.1 Å². The molecule has 0 heterocycles. The van der Waals surface area contributed by atoms with Crippen LogP contribution in [0.2, 0.25) is 5.02 Å². The van der Waals surface area contributed by atoms with Crippen LogP contribution < -0.4 is 15.5 Å². The van der Waals surface area contributed by atoms with Gasteiger partial charge in [0, 0.05) is 10.7 Å². The summed E-state index contributed by atoms with van der Waals surface area (Å²) in [4.78, 5) is 11.7. The average molecular weight is 388 g/mol. The van der Waals surface area contributed by atoms with Gasteiger partial charge in [-0.1, -0.05) is 11.6 Å². The molecule has 3 N–H and O–H groups in total. The number of halogens is 4. The van der Waals surface area contributed by atoms with Crippen LogP contribution in [0.4, 0.5) is 18.9 Å². The molecule has 0 aliphatic heterocycles. The Morgan fingerprint density at radius 3 is 2.58 bits per heavy atom. The number of hydrogen-bond donors (Lipinski definition) is 3. The van der Waals surface area contributed by atoms with E-state index in [1.54, 1.807) is 24.3 Å². The van der Waals surface area contributed by atoms with Crippen LogP contribution in [0.3, 0.4) is 0 Å². The first-order valence-corrected chi connectivity index (χ1v) is 7.51. The van der Waals surface area contributed by atoms with Crippen molar-refractivity contribution in [1.29, 1.82) is 0 Å². The Labute approximate surface area is 151 Å². The van der Waals surface area contributed by atoms with E-state index in [9.17, 15) is 23.1 Å². The topological polar surface area (TPSA) is 83.0 Å². The summed E-state index contributed by atoms with van der Waals surface area (Å²) in [6.07, 6.45) is -3.82. The highest BCUT2D eigenvalue weighted by molar-refractivity contribution is 6.30. The summed E-state index contributed by atoms with van der Waals surface area (Å²) in [5, 5.41) is 16.4. The molecule has 0 aliphatic rings. The predicted molar refractivity (Wildman–Crippen MR) is 90.5 cm³/mol. The predicted octanol–water partition coefficient (Wildman–Crippen LogP) is 3.51. The van der Waals surface area contributed by atoms with Crippen LogP contribution in [0, 0.1) is 0 Å². The second kappa shape index (κ2) is 8.43. The molecule has 1 amide bonds. The lowest BCUT2D eigenvalue weighted by Gasteiger charge is -2.10. The zero-order valence-electron chi connectivity index (χ0n) is 13.0. The summed E-state index contributed by atoms with van der Waals surface area (Å²) in [6.45, 7) is -0.0724. The van der Waals surface area contributed by atoms with Crippen LogP contribution in [0.5, 0.6) is 11.5 Å². The lowest BCUT2D eigenvalue weighted by molar-refractivity contribution is -0.275. The van der Waals surface area contributed by atoms with Crippen molar-refractivity contribution < 1.29 is 27.8 Å². The van der Waals surface area contributed by atoms with E-state index in [2.05, 4.69) is 20.6 Å². The minimum atomic E-state index is -4.94. The fourth-order valence-corrected chi connectivity index (χ4v) is 1.91. The second-order valence-electron chi connectivity index (χ2n) is 4.93. The molecule has 0 radical (unpaired) electrons. The van der Waals surface area contributed by atoms with E-state index in [0.29, 0.717) is 10.7 Å². The minimum absolute atomic E-state index is 0.0724. The maximum atomic E-state index is 12.2. The van der Waals surface area contributed by atoms with Gasteiger partial charge in [0.05, 0.1) is 12.8 Å². The third kappa shape index (κ3) is 6.52. The molecule has 0 spiro atoms. The van der Waals surface area contributed by atoms with Gasteiger partial charge in [-0.25, -0.2) is 5.43 Å². The van der Waals surface area contributed by atoms with Crippen molar-refractivity contribution in [2.45, 2.75) is 6.36 Å². The SMILES string of the molecule is O=C(CNc1ccc(Cl)cc1)NN=Cc1ccc(O)c(OC(F)(F)F)c1. The first-order valence-electron chi connectivity index (χ1n) is 7.13. The number of rotatable bonds is 6. The van der Waals surface area contributed by atoms with Gasteiger partial charge in [0.25, 0.3) is 5.91 Å². The number of carbonyl (C=O) groups is 1. The molecule has 0 aromatic heterocycles. The van der Waals surface area contributed by atoms with E-state index in [-0.39, 0.29) is 12.1 Å². The van der Waals surface area contributed by atoms with Crippen LogP contribution in [0.15, 0.2) is 47.6 Å². The molecular weight excluding hydrogens is 375 g/mol. The number of nitrogens with one attached hydrogen (secondary N) is 2. The molecule has 0 fully saturated rings. The quantitative estimate of drug-likeness (QED) is 0.523. The fourth-order valence-electron chi connectivity index (χ4n) is 1.79. The molecule has 26 heavy (non-hydrogen) atoms. The third-order valence-electron chi connectivity index (χ3n) is 2.91. The van der Waals surface area contributed by atoms with Crippen molar-refractivity contribution in [2.75, 3.05) is 11.9 Å². The molecule has 138 valence electrons. The van der Waals surface area contributed by atoms with Crippen molar-refractivity contribution in [3.8, 4) is 11.5 Å². The average Bonchev–Trinajstić information content (AvgIpc) is 2.56. The molecule has 2 aromatic carbocycles. The van der Waals surface area contributed by atoms with Crippen molar-refractivity contribution >= 4 is 29.4 Å². The molecule has 0 saturated heterocycles. The fraction of sp³-hybridized carbons (Fsp3) is 0.125. The Balaban J connectivity index is 1.88. The zero-order chi connectivity index (χ0) is 19.2. The number of alkyl halides is 3. The van der Waals surface area contributed by atoms with Gasteiger partial charge in [-0.05, 0) is 48.0 Å². The highest BCUT2D eigenvalue weighted by Gasteiger charge is 2.32. The molecule has 0 aliphatic carbocycles. The molecule has 0 atom stereocenters. The maximum Gasteiger partial charge on any atom is 0.573 e. The van der Waals surface area contributed by atoms with E-state index >= 15 is 0 Å². The van der Waals surface area contributed by atoms with E-state index in [1.165, 1.54) is 6.07 Å². The van der Waals surface area contributed by atoms with Crippen molar-refractivity contribution in [2.24, 2.45) is 5.10 Å². The summed E-state index contributed by atoms with van der Waals surface area (Å²) in [5.74, 6) is -1.91. The van der Waals surface area contributed by atoms with Gasteiger partial charge in [-0.2, -0.15) is 5.10 Å². The van der Waals surface area contributed by atoms with Crippen LogP contribution >= 0.6 is 11.6 Å². The molecule has 2 rings (SSSR count). The number of ether oxygens (including phenoxy) is 1. The van der Waals surface area contributed by atoms with E-state index in [1.807, 2.05) is 0 Å². The number of amides is 1. The molecule has 0 unspecified atom stereocenters. The van der Waals surface area contributed by atoms with Gasteiger partial charge >= 0.3 is 6.36 Å². The number of nitrogens with zero attached hydrogens (tertiary/aromatic N) is 1. The molecule has 2 aromatic rings. The first-order chi connectivity index (χ1) is 12.2. The summed E-state index contributed by atoms with van der Waals surface area (Å²) < 4.78 is 40.3. The normalized spacial score (nSPS) is 11.4. The monoisotopic (exact) mass is 387 g/mol. The summed E-state index contributed by atoms with van der Waals surface area (Å²) >= 11 is 5.74. The van der Waals surface area contributed by atoms with Gasteiger partial charge in [0.2, 0.25) is 0 Å². The number of phenols is 1. The third-order valence-corrected chi connectivity index (χ3v) is 3.16. The lowest BCUT2D eigenvalue weighted by atomic mass is 10.2. The molecular formula is C16H13ClF3N3O3. The zero-order valence-corrected chi connectivity index (χ0v) is 13.8. The number of anilines is 1. The van der Waals surface area contributed by atoms with E-state index in [4.69, 9.17) is 11.6 Å². The number of hydrogen-bond acceptors (Lipinski definition) is 5. The van der Waals surface area contributed by atoms with Gasteiger partial charge < -0.3 is 15.2 Å². The number of hydrazone groups is 1. The van der Waals surface area contributed by atoms with Gasteiger partial charge in [0.15, 0.2) is 11.5 Å². The van der Waals surface area contributed by atoms with Gasteiger partial charge in [-0.15, -0.1) is 13.2 Å². The summed E-state index contributed by atoms with van der Waals surface area (Å²) in [5.41, 5.74) is 3.08. The molecule has 6 nitrogen and oxygen atoms in total. The maximum absolute atomic E-state index is 12.2. The van der Waals surface area contributed by atoms with Crippen LogP contribution in [0.1, 0.15) is 5.56 Å². The smallest absolute Gasteiger partial charge is 0.504 e. The lowest BCUT2D eigenvalue weighted by Crippen LogP contribution is -2.25. The largest absolute Gasteiger partial charge is 0.573 e. The first kappa shape index (κ1) is 19.4. The number of phenolic OH excluding ortho intramolecular Hbond substituents is 1. The van der Waals surface area contributed by atoms with Crippen LogP contribution in [0.25, 0.3) is 0 Å². The van der Waals surface area contributed by atoms with E-state index in [0.717, 1.165) is 18.3 Å². The number of benzene rings is 2. The van der Waals surface area contributed by atoms with E-state index < -0.39 is 23.8 Å². The Bertz CT molecular complexity index is 796. The molecule has 0 bridgehead atoms. The van der Waals surface area contributed by atoms with Crippen LogP contribution in [-0.2, 0) is 4.79 Å². The molecule has 0 saturated carbocycles. The van der Waals surface area contributed by atoms with Crippen LogP contribution in [-0.4, -0.2) is 30.1 Å². The highest BCUT2D eigenvalue weighted by atomic mass is 35.5. The second-order valence-corrected chi connectivity index (χ2v) is 5.37. The Morgan fingerprint density at radius 1 is 1.23 bits per heavy atom. The minimum Gasteiger partial charge on any atom is -0.504 e. The Kier molecular flexibility index (Phi) is 6.29. The number of aromatic hydroxyl groups is 1. The summed E-state index contributed by atoms with van der Waals surface area (Å²) in [7, 11) is 0. The van der Waals surface area contributed by atoms with Gasteiger partial charge in [-0.3, -0.25) is 4.79 Å². The molecule has 10 heteroatoms. The van der Waals surface area contributed by atoms with Gasteiger partial charge in [0.1, 0.15) is 0 Å². The summed E-state index contributed by atoms with van der Waals surface area (Å²) in [6, 6.07) is 9.96. The van der Waals surface area contributed by atoms with Crippen molar-refractivity contribution in [3.63, 3.8) is 0 Å².